The average molecular weight is 1180 g/mol. The molecule has 0 amide bonds. The van der Waals surface area contributed by atoms with E-state index in [0.29, 0.717) is 0 Å². The molecular weight excluding hydrogens is 1110 g/mol. The molecule has 0 heterocycles. The van der Waals surface area contributed by atoms with E-state index in [4.69, 9.17) is 9.05 Å². The van der Waals surface area contributed by atoms with Crippen molar-refractivity contribution in [2.45, 2.75) is 51.4 Å². The minimum Gasteiger partial charge on any atom is -0.464 e. The molecular formula is C80H68O2P2Si2. The van der Waals surface area contributed by atoms with E-state index in [-0.39, 0.29) is 0 Å². The number of hydrogen-bond donors (Lipinski definition) is 0. The van der Waals surface area contributed by atoms with E-state index in [1.54, 1.807) is 0 Å². The Morgan fingerprint density at radius 1 is 0.244 bits per heavy atom. The summed E-state index contributed by atoms with van der Waals surface area (Å²) in [6, 6.07) is 119. The van der Waals surface area contributed by atoms with E-state index in [2.05, 4.69) is 315 Å². The maximum Gasteiger partial charge on any atom is 0.184 e. The van der Waals surface area contributed by atoms with Gasteiger partial charge in [0.2, 0.25) is 0 Å². The normalized spacial score (nSPS) is 13.2. The molecule has 0 N–H and O–H groups in total. The van der Waals surface area contributed by atoms with E-state index >= 15 is 0 Å². The molecule has 418 valence electrons. The molecule has 6 heteroatoms. The smallest absolute Gasteiger partial charge is 0.184 e. The van der Waals surface area contributed by atoms with E-state index in [1.807, 2.05) is 0 Å². The van der Waals surface area contributed by atoms with Gasteiger partial charge in [-0.2, -0.15) is 0 Å². The van der Waals surface area contributed by atoms with Crippen molar-refractivity contribution in [1.82, 2.24) is 0 Å². The molecule has 0 unspecified atom stereocenters. The number of hydrogen-bond acceptors (Lipinski definition) is 2. The zero-order valence-corrected chi connectivity index (χ0v) is 52.2. The second-order valence-corrected chi connectivity index (χ2v) is 33.9. The highest BCUT2D eigenvalue weighted by Crippen LogP contribution is 2.52. The zero-order chi connectivity index (χ0) is 57.5. The predicted octanol–water partition coefficient (Wildman–Crippen LogP) is 12.7. The lowest BCUT2D eigenvalue weighted by Crippen LogP contribution is -2.75. The van der Waals surface area contributed by atoms with Gasteiger partial charge >= 0.3 is 0 Å². The number of aryl methyl sites for hydroxylation is 2. The average Bonchev–Trinajstić information content (AvgIpc) is 0.794. The molecule has 0 aliphatic heterocycles. The quantitative estimate of drug-likeness (QED) is 0.0514. The molecule has 0 radical (unpaired) electrons. The molecule has 12 aromatic rings. The van der Waals surface area contributed by atoms with Crippen LogP contribution in [0.2, 0.25) is 0 Å². The molecule has 2 aliphatic rings. The SMILES string of the molecule is c1ccc(P(Oc2c([Si](c3ccccc3)(c3ccccc3)c3ccccc3)cc3c(c2-c2c4c(cc([Si](c5ccccc5)(c5ccccc5)c5ccccc5)c2OP(c2ccccc2)c2ccccc2)CCCC4)CCCC3)c2ccccc2)cc1. The second kappa shape index (κ2) is 25.2. The van der Waals surface area contributed by atoms with Crippen molar-refractivity contribution in [3.8, 4) is 22.6 Å². The van der Waals surface area contributed by atoms with Gasteiger partial charge in [-0.1, -0.05) is 315 Å². The zero-order valence-electron chi connectivity index (χ0n) is 48.4. The number of benzene rings is 12. The van der Waals surface area contributed by atoms with E-state index < -0.39 is 32.4 Å². The van der Waals surface area contributed by atoms with Crippen molar-refractivity contribution in [2.75, 3.05) is 0 Å². The maximum absolute atomic E-state index is 8.70. The van der Waals surface area contributed by atoms with Crippen molar-refractivity contribution in [1.29, 1.82) is 0 Å². The van der Waals surface area contributed by atoms with Crippen molar-refractivity contribution in [3.05, 3.63) is 338 Å². The molecule has 14 rings (SSSR count). The summed E-state index contributed by atoms with van der Waals surface area (Å²) in [5.41, 5.74) is 8.08. The molecule has 0 bridgehead atoms. The van der Waals surface area contributed by atoms with Crippen LogP contribution in [-0.2, 0) is 25.7 Å². The van der Waals surface area contributed by atoms with Crippen LogP contribution in [0, 0.1) is 0 Å². The van der Waals surface area contributed by atoms with Crippen molar-refractivity contribution < 1.29 is 9.05 Å². The third kappa shape index (κ3) is 10.3. The van der Waals surface area contributed by atoms with Crippen molar-refractivity contribution >= 4 is 95.2 Å². The third-order valence-corrected chi connectivity index (χ3v) is 31.2. The number of fused-ring (bicyclic) bond motifs is 2. The van der Waals surface area contributed by atoms with Gasteiger partial charge in [-0.25, -0.2) is 0 Å². The first-order valence-electron chi connectivity index (χ1n) is 30.6. The first-order chi connectivity index (χ1) is 42.7. The molecule has 0 saturated carbocycles. The topological polar surface area (TPSA) is 18.5 Å². The highest BCUT2D eigenvalue weighted by Gasteiger charge is 2.49. The molecule has 0 atom stereocenters. The standard InChI is InChI=1S/C80H68O2P2Si2/c1-11-37-63(38-12-1)83(64-39-13-2-14-40-64)81-79-75(85(67-45-19-5-20-46-67,68-47-21-6-22-48-68)69-49-23-7-24-50-69)59-61-35-31-33-57-73(61)77(79)78-74-58-34-32-36-62(74)60-76(80(78)82-84(65-41-15-3-16-42-65)66-43-17-4-18-44-66)86(70-51-25-8-26-52-70,71-53-27-9-28-54-71)72-55-29-10-30-56-72/h1-30,37-56,59-60H,31-36,57-58H2. The molecule has 2 nitrogen and oxygen atoms in total. The lowest BCUT2D eigenvalue weighted by molar-refractivity contribution is 0.615. The Kier molecular flexibility index (Phi) is 16.3. The summed E-state index contributed by atoms with van der Waals surface area (Å²) in [6.07, 6.45) is 8.19. The van der Waals surface area contributed by atoms with Gasteiger partial charge in [-0.3, -0.25) is 0 Å². The third-order valence-electron chi connectivity index (χ3n) is 17.8. The Hall–Kier alpha value is -8.47. The van der Waals surface area contributed by atoms with Crippen LogP contribution in [0.1, 0.15) is 47.9 Å². The summed E-state index contributed by atoms with van der Waals surface area (Å²) in [7, 11) is -9.70. The van der Waals surface area contributed by atoms with Gasteiger partial charge in [0.15, 0.2) is 32.4 Å². The van der Waals surface area contributed by atoms with Gasteiger partial charge in [-0.05, 0) is 115 Å². The largest absolute Gasteiger partial charge is 0.464 e. The Morgan fingerprint density at radius 2 is 0.453 bits per heavy atom. The van der Waals surface area contributed by atoms with Crippen LogP contribution in [0.25, 0.3) is 11.1 Å². The van der Waals surface area contributed by atoms with Crippen LogP contribution in [0.5, 0.6) is 11.5 Å². The summed E-state index contributed by atoms with van der Waals surface area (Å²) in [4.78, 5) is 0. The fourth-order valence-electron chi connectivity index (χ4n) is 14.1. The van der Waals surface area contributed by atoms with Crippen LogP contribution >= 0.6 is 16.3 Å². The van der Waals surface area contributed by atoms with E-state index in [0.717, 1.165) is 62.9 Å². The van der Waals surface area contributed by atoms with Gasteiger partial charge in [0.1, 0.15) is 11.5 Å². The van der Waals surface area contributed by atoms with E-state index in [1.165, 1.54) is 96.1 Å². The Labute approximate surface area is 512 Å². The molecule has 0 fully saturated rings. The highest BCUT2D eigenvalue weighted by molar-refractivity contribution is 7.69. The van der Waals surface area contributed by atoms with Gasteiger partial charge < -0.3 is 9.05 Å². The number of rotatable bonds is 17. The van der Waals surface area contributed by atoms with Crippen LogP contribution in [0.3, 0.4) is 0 Å². The van der Waals surface area contributed by atoms with Crippen LogP contribution in [0.4, 0.5) is 0 Å². The first-order valence-corrected chi connectivity index (χ1v) is 37.1. The minimum atomic E-state index is -3.38. The molecule has 2 aliphatic carbocycles. The summed E-state index contributed by atoms with van der Waals surface area (Å²) < 4.78 is 17.4. The Morgan fingerprint density at radius 3 is 0.686 bits per heavy atom. The summed E-state index contributed by atoms with van der Waals surface area (Å²) in [5.74, 6) is 1.97. The van der Waals surface area contributed by atoms with Gasteiger partial charge in [0, 0.05) is 32.3 Å². The molecule has 0 saturated heterocycles. The van der Waals surface area contributed by atoms with Crippen molar-refractivity contribution in [2.24, 2.45) is 0 Å². The summed E-state index contributed by atoms with van der Waals surface area (Å²) in [5, 5.41) is 15.2. The summed E-state index contributed by atoms with van der Waals surface area (Å²) >= 11 is 0. The van der Waals surface area contributed by atoms with Gasteiger partial charge in [0.05, 0.1) is 0 Å². The maximum atomic E-state index is 8.70. The molecule has 0 spiro atoms. The molecule has 86 heavy (non-hydrogen) atoms. The Bertz CT molecular complexity index is 3650. The van der Waals surface area contributed by atoms with Gasteiger partial charge in [-0.15, -0.1) is 0 Å². The molecule has 0 aromatic heterocycles. The van der Waals surface area contributed by atoms with Crippen LogP contribution in [0.15, 0.2) is 315 Å². The fourth-order valence-corrected chi connectivity index (χ4v) is 27.6. The molecule has 12 aromatic carbocycles. The first kappa shape index (κ1) is 55.4. The fraction of sp³-hybridized carbons (Fsp3) is 0.100. The Balaban J connectivity index is 1.23. The highest BCUT2D eigenvalue weighted by atomic mass is 31.1. The van der Waals surface area contributed by atoms with Crippen LogP contribution < -0.4 is 71.8 Å². The van der Waals surface area contributed by atoms with Crippen molar-refractivity contribution in [3.63, 3.8) is 0 Å². The lowest BCUT2D eigenvalue weighted by Gasteiger charge is -2.41. The lowest BCUT2D eigenvalue weighted by atomic mass is 9.80. The minimum absolute atomic E-state index is 0.926. The summed E-state index contributed by atoms with van der Waals surface area (Å²) in [6.45, 7) is 0. The second-order valence-electron chi connectivity index (χ2n) is 22.8. The van der Waals surface area contributed by atoms with Gasteiger partial charge in [0.25, 0.3) is 0 Å². The van der Waals surface area contributed by atoms with E-state index in [9.17, 15) is 0 Å². The monoisotopic (exact) mass is 1180 g/mol. The van der Waals surface area contributed by atoms with Crippen LogP contribution in [-0.4, -0.2) is 16.1 Å². The predicted molar refractivity (Wildman–Crippen MR) is 372 cm³/mol.